The number of halogens is 4. The van der Waals surface area contributed by atoms with Gasteiger partial charge in [0, 0.05) is 21.3 Å². The zero-order valence-electron chi connectivity index (χ0n) is 14.6. The van der Waals surface area contributed by atoms with Crippen LogP contribution in [0, 0.1) is 6.92 Å². The minimum Gasteiger partial charge on any atom is -0.453 e. The van der Waals surface area contributed by atoms with Gasteiger partial charge in [0.1, 0.15) is 5.76 Å². The molecule has 4 rings (SSSR count). The smallest absolute Gasteiger partial charge is 0.416 e. The van der Waals surface area contributed by atoms with Crippen LogP contribution in [0.3, 0.4) is 0 Å². The van der Waals surface area contributed by atoms with Gasteiger partial charge in [-0.2, -0.15) is 13.2 Å². The first-order valence-corrected chi connectivity index (χ1v) is 9.21. The quantitative estimate of drug-likeness (QED) is 0.364. The molecule has 0 aliphatic rings. The van der Waals surface area contributed by atoms with Crippen molar-refractivity contribution in [1.82, 2.24) is 9.97 Å². The van der Waals surface area contributed by atoms with Gasteiger partial charge in [0.25, 0.3) is 0 Å². The molecule has 2 heterocycles. The lowest BCUT2D eigenvalue weighted by Crippen LogP contribution is -2.03. The molecule has 0 unspecified atom stereocenters. The van der Waals surface area contributed by atoms with E-state index in [1.807, 2.05) is 31.2 Å². The van der Waals surface area contributed by atoms with Gasteiger partial charge in [-0.25, -0.2) is 4.98 Å². The van der Waals surface area contributed by atoms with E-state index in [2.05, 4.69) is 25.9 Å². The van der Waals surface area contributed by atoms with E-state index in [9.17, 15) is 13.2 Å². The van der Waals surface area contributed by atoms with E-state index in [0.29, 0.717) is 22.9 Å². The summed E-state index contributed by atoms with van der Waals surface area (Å²) in [6.07, 6.45) is -4.36. The fourth-order valence-electron chi connectivity index (χ4n) is 2.91. The minimum absolute atomic E-state index is 0.475. The first-order valence-electron chi connectivity index (χ1n) is 8.41. The normalized spacial score (nSPS) is 11.8. The number of H-pyrrole nitrogens is 1. The number of nitrogens with zero attached hydrogens (tertiary/aromatic N) is 1. The van der Waals surface area contributed by atoms with Crippen LogP contribution >= 0.6 is 15.9 Å². The number of rotatable bonds is 3. The van der Waals surface area contributed by atoms with E-state index in [-0.39, 0.29) is 0 Å². The van der Waals surface area contributed by atoms with Gasteiger partial charge in [0.15, 0.2) is 11.6 Å². The average molecular weight is 447 g/mol. The Morgan fingerprint density at radius 3 is 2.11 bits per heavy atom. The van der Waals surface area contributed by atoms with Crippen molar-refractivity contribution >= 4 is 15.9 Å². The highest BCUT2D eigenvalue weighted by Gasteiger charge is 2.30. The van der Waals surface area contributed by atoms with Crippen LogP contribution in [0.15, 0.2) is 69.6 Å². The summed E-state index contributed by atoms with van der Waals surface area (Å²) in [7, 11) is 0. The molecule has 0 aliphatic carbocycles. The number of aromatic nitrogens is 2. The fourth-order valence-corrected chi connectivity index (χ4v) is 3.17. The van der Waals surface area contributed by atoms with Gasteiger partial charge in [-0.3, -0.25) is 0 Å². The Kier molecular flexibility index (Phi) is 4.63. The van der Waals surface area contributed by atoms with Crippen LogP contribution in [0.1, 0.15) is 11.3 Å². The summed E-state index contributed by atoms with van der Waals surface area (Å²) in [6.45, 7) is 1.92. The van der Waals surface area contributed by atoms with Crippen LogP contribution in [0.4, 0.5) is 13.2 Å². The second-order valence-electron chi connectivity index (χ2n) is 6.30. The molecular formula is C21H14BrF3N2O. The lowest BCUT2D eigenvalue weighted by molar-refractivity contribution is -0.137. The van der Waals surface area contributed by atoms with E-state index in [1.165, 1.54) is 12.1 Å². The molecule has 0 radical (unpaired) electrons. The van der Waals surface area contributed by atoms with Gasteiger partial charge in [-0.05, 0) is 43.3 Å². The molecule has 1 N–H and O–H groups in total. The molecule has 28 heavy (non-hydrogen) atoms. The number of furan rings is 1. The van der Waals surface area contributed by atoms with Gasteiger partial charge < -0.3 is 9.40 Å². The highest BCUT2D eigenvalue weighted by atomic mass is 79.9. The number of hydrogen-bond acceptors (Lipinski definition) is 2. The lowest BCUT2D eigenvalue weighted by Gasteiger charge is -2.06. The summed E-state index contributed by atoms with van der Waals surface area (Å²) in [4.78, 5) is 7.82. The summed E-state index contributed by atoms with van der Waals surface area (Å²) >= 11 is 3.41. The third-order valence-electron chi connectivity index (χ3n) is 4.34. The molecule has 2 aromatic heterocycles. The molecule has 0 spiro atoms. The van der Waals surface area contributed by atoms with E-state index in [0.717, 1.165) is 33.6 Å². The second kappa shape index (κ2) is 6.98. The van der Waals surface area contributed by atoms with Crippen molar-refractivity contribution in [3.8, 4) is 34.2 Å². The van der Waals surface area contributed by atoms with Crippen LogP contribution in [0.25, 0.3) is 34.2 Å². The maximum atomic E-state index is 12.7. The molecular weight excluding hydrogens is 433 g/mol. The zero-order chi connectivity index (χ0) is 19.9. The maximum Gasteiger partial charge on any atom is 0.416 e. The number of hydrogen-bond donors (Lipinski definition) is 1. The van der Waals surface area contributed by atoms with E-state index in [1.54, 1.807) is 12.1 Å². The Morgan fingerprint density at radius 1 is 0.857 bits per heavy atom. The van der Waals surface area contributed by atoms with E-state index < -0.39 is 11.7 Å². The summed E-state index contributed by atoms with van der Waals surface area (Å²) in [5, 5.41) is 0. The molecule has 4 aromatic rings. The van der Waals surface area contributed by atoms with Crippen molar-refractivity contribution in [2.75, 3.05) is 0 Å². The van der Waals surface area contributed by atoms with Crippen molar-refractivity contribution in [2.24, 2.45) is 0 Å². The fraction of sp³-hybridized carbons (Fsp3) is 0.0952. The Labute approximate surface area is 167 Å². The number of imidazole rings is 1. The molecule has 2 aromatic carbocycles. The van der Waals surface area contributed by atoms with Gasteiger partial charge in [-0.15, -0.1) is 0 Å². The Balaban J connectivity index is 1.63. The molecule has 3 nitrogen and oxygen atoms in total. The third-order valence-corrected chi connectivity index (χ3v) is 4.87. The van der Waals surface area contributed by atoms with Crippen molar-refractivity contribution in [3.63, 3.8) is 0 Å². The van der Waals surface area contributed by atoms with Crippen LogP contribution in [-0.4, -0.2) is 9.97 Å². The maximum absolute atomic E-state index is 12.7. The number of aromatic amines is 1. The van der Waals surface area contributed by atoms with Gasteiger partial charge in [0.05, 0.1) is 11.3 Å². The predicted octanol–water partition coefficient (Wildman–Crippen LogP) is 7.09. The van der Waals surface area contributed by atoms with Crippen molar-refractivity contribution < 1.29 is 17.6 Å². The number of nitrogens with one attached hydrogen (secondary N) is 1. The molecule has 0 fully saturated rings. The van der Waals surface area contributed by atoms with E-state index in [4.69, 9.17) is 4.42 Å². The van der Waals surface area contributed by atoms with Crippen LogP contribution < -0.4 is 0 Å². The first-order chi connectivity index (χ1) is 13.3. The molecule has 0 saturated carbocycles. The lowest BCUT2D eigenvalue weighted by atomic mass is 10.1. The van der Waals surface area contributed by atoms with Gasteiger partial charge in [0.2, 0.25) is 0 Å². The SMILES string of the molecule is Cc1[nH]c(-c2ccc(-c3ccc(C(F)(F)F)cc3)o2)nc1-c1ccc(Br)cc1. The van der Waals surface area contributed by atoms with Crippen LogP contribution in [-0.2, 0) is 6.18 Å². The summed E-state index contributed by atoms with van der Waals surface area (Å²) < 4.78 is 44.9. The Hall–Kier alpha value is -2.80. The largest absolute Gasteiger partial charge is 0.453 e. The first kappa shape index (κ1) is 18.6. The van der Waals surface area contributed by atoms with Crippen LogP contribution in [0.2, 0.25) is 0 Å². The highest BCUT2D eigenvalue weighted by Crippen LogP contribution is 2.33. The van der Waals surface area contributed by atoms with E-state index >= 15 is 0 Å². The molecule has 0 atom stereocenters. The molecule has 7 heteroatoms. The Bertz CT molecular complexity index is 1110. The summed E-state index contributed by atoms with van der Waals surface area (Å²) in [5.74, 6) is 1.55. The number of benzene rings is 2. The number of alkyl halides is 3. The van der Waals surface area contributed by atoms with Crippen molar-refractivity contribution in [3.05, 3.63) is 76.4 Å². The molecule has 0 aliphatic heterocycles. The van der Waals surface area contributed by atoms with Gasteiger partial charge >= 0.3 is 6.18 Å². The molecule has 142 valence electrons. The summed E-state index contributed by atoms with van der Waals surface area (Å²) in [5.41, 5.74) is 2.55. The minimum atomic E-state index is -4.36. The average Bonchev–Trinajstić information content (AvgIpc) is 3.29. The highest BCUT2D eigenvalue weighted by molar-refractivity contribution is 9.10. The third kappa shape index (κ3) is 3.62. The van der Waals surface area contributed by atoms with Crippen molar-refractivity contribution in [1.29, 1.82) is 0 Å². The molecule has 0 bridgehead atoms. The van der Waals surface area contributed by atoms with Gasteiger partial charge in [-0.1, -0.05) is 40.2 Å². The number of aryl methyl sites for hydroxylation is 1. The molecule has 0 amide bonds. The van der Waals surface area contributed by atoms with Crippen LogP contribution in [0.5, 0.6) is 0 Å². The topological polar surface area (TPSA) is 41.8 Å². The zero-order valence-corrected chi connectivity index (χ0v) is 16.2. The monoisotopic (exact) mass is 446 g/mol. The standard InChI is InChI=1S/C21H14BrF3N2O/c1-12-19(14-4-8-16(22)9-5-14)27-20(26-12)18-11-10-17(28-18)13-2-6-15(7-3-13)21(23,24)25/h2-11H,1H3,(H,26,27). The van der Waals surface area contributed by atoms with Crippen molar-refractivity contribution in [2.45, 2.75) is 13.1 Å². The summed E-state index contributed by atoms with van der Waals surface area (Å²) in [6, 6.07) is 16.2. The Morgan fingerprint density at radius 2 is 1.46 bits per heavy atom. The predicted molar refractivity (Wildman–Crippen MR) is 105 cm³/mol. The molecule has 0 saturated heterocycles. The second-order valence-corrected chi connectivity index (χ2v) is 7.22.